The quantitative estimate of drug-likeness (QED) is 0.693. The molecule has 0 heterocycles. The van der Waals surface area contributed by atoms with E-state index in [4.69, 9.17) is 5.11 Å². The van der Waals surface area contributed by atoms with Crippen LogP contribution >= 0.6 is 0 Å². The van der Waals surface area contributed by atoms with Gasteiger partial charge in [0.25, 0.3) is 0 Å². The smallest absolute Gasteiger partial charge is 0 e. The van der Waals surface area contributed by atoms with Gasteiger partial charge in [-0.3, -0.25) is 0 Å². The van der Waals surface area contributed by atoms with Crippen LogP contribution in [0.3, 0.4) is 0 Å². The van der Waals surface area contributed by atoms with E-state index in [2.05, 4.69) is 0 Å². The molecule has 0 radical (unpaired) electrons. The second-order valence-electron chi connectivity index (χ2n) is 1.07. The summed E-state index contributed by atoms with van der Waals surface area (Å²) >= 11 is 0. The van der Waals surface area contributed by atoms with E-state index < -0.39 is 0 Å². The van der Waals surface area contributed by atoms with Gasteiger partial charge in [-0.05, 0) is 0 Å². The van der Waals surface area contributed by atoms with Gasteiger partial charge >= 0.3 is 0 Å². The van der Waals surface area contributed by atoms with Crippen molar-refractivity contribution in [3.8, 4) is 0 Å². The fourth-order valence-corrected chi connectivity index (χ4v) is 0. The van der Waals surface area contributed by atoms with E-state index in [1.807, 2.05) is 6.92 Å². The summed E-state index contributed by atoms with van der Waals surface area (Å²) < 4.78 is 0. The molecule has 1 unspecified atom stereocenters. The molecular weight excluding hydrogens is 331 g/mol. The predicted octanol–water partition coefficient (Wildman–Crippen LogP) is 0.591. The molecule has 0 saturated carbocycles. The molecular formula is C4H9ORf-. The first-order valence-electron chi connectivity index (χ1n) is 1.75. The number of rotatable bonds is 1. The normalized spacial score (nSPS) is 12.5. The summed E-state index contributed by atoms with van der Waals surface area (Å²) in [6.45, 7) is 3.55. The number of hydrogen-bond donors (Lipinski definition) is 1. The Morgan fingerprint density at radius 3 is 1.83 bits per heavy atom. The van der Waals surface area contributed by atoms with E-state index in [-0.39, 0.29) is 6.10 Å². The average molecular weight is 340 g/mol. The van der Waals surface area contributed by atoms with Crippen molar-refractivity contribution >= 4 is 0 Å². The molecule has 0 aliphatic heterocycles. The second-order valence-corrected chi connectivity index (χ2v) is 1.07. The Bertz CT molecular complexity index is 21.5. The number of hydrogen-bond acceptors (Lipinski definition) is 1. The summed E-state index contributed by atoms with van der Waals surface area (Å²) in [5.41, 5.74) is 0. The summed E-state index contributed by atoms with van der Waals surface area (Å²) in [6.07, 6.45) is 1.48. The zero-order chi connectivity index (χ0) is 4.28. The van der Waals surface area contributed by atoms with Crippen LogP contribution in [-0.2, 0) is 0 Å². The maximum atomic E-state index is 8.31. The maximum Gasteiger partial charge on any atom is 0 e. The molecule has 1 atom stereocenters. The number of aliphatic hydroxyl groups excluding tert-OH is 1. The molecule has 0 amide bonds. The van der Waals surface area contributed by atoms with Crippen LogP contribution in [0.2, 0.25) is 0 Å². The van der Waals surface area contributed by atoms with Crippen LogP contribution in [0, 0.1) is 6.42 Å². The van der Waals surface area contributed by atoms with Crippen molar-refractivity contribution in [1.29, 1.82) is 0 Å². The first-order chi connectivity index (χ1) is 2.27. The van der Waals surface area contributed by atoms with Gasteiger partial charge in [-0.25, -0.2) is 0 Å². The maximum absolute atomic E-state index is 8.31. The molecule has 0 rings (SSSR count). The van der Waals surface area contributed by atoms with Crippen LogP contribution in [0.4, 0.5) is 0 Å². The van der Waals surface area contributed by atoms with Crippen molar-refractivity contribution in [1.82, 2.24) is 0 Å². The topological polar surface area (TPSA) is 20.2 Å². The van der Waals surface area contributed by atoms with Crippen molar-refractivity contribution in [2.24, 2.45) is 0 Å². The third-order valence-electron chi connectivity index (χ3n) is 0.482. The molecule has 0 bridgehead atoms. The van der Waals surface area contributed by atoms with Crippen LogP contribution in [-0.4, -0.2) is 11.2 Å². The van der Waals surface area contributed by atoms with Crippen molar-refractivity contribution < 1.29 is 5.11 Å². The molecule has 6 heavy (non-hydrogen) atoms. The summed E-state index contributed by atoms with van der Waals surface area (Å²) in [4.78, 5) is 0. The largest absolute Gasteiger partial charge is 0.425 e. The summed E-state index contributed by atoms with van der Waals surface area (Å²) in [5, 5.41) is 8.31. The zero-order valence-electron chi connectivity index (χ0n) is 4.31. The molecule has 2 heteroatoms. The molecule has 1 nitrogen and oxygen atoms in total. The average Bonchev–Trinajstić information content (AvgIpc) is 1.38. The van der Waals surface area contributed by atoms with Gasteiger partial charge in [0.05, 0.1) is 0 Å². The van der Waals surface area contributed by atoms with Crippen LogP contribution in [0.15, 0.2) is 0 Å². The minimum Gasteiger partial charge on any atom is -0.425 e. The summed E-state index contributed by atoms with van der Waals surface area (Å²) in [7, 11) is 0. The standard InChI is InChI=1S/C4H9O.Rf/c1-3-4(2)5;/h3-5H,1-2H3;/q-1;. The van der Waals surface area contributed by atoms with Crippen molar-refractivity contribution in [3.05, 3.63) is 6.42 Å². The Labute approximate surface area is 32.6 Å². The molecule has 0 aromatic heterocycles. The minimum absolute atomic E-state index is 0. The van der Waals surface area contributed by atoms with Gasteiger partial charge in [0, 0.05) is 0 Å². The van der Waals surface area contributed by atoms with Crippen molar-refractivity contribution in [3.63, 3.8) is 0 Å². The molecule has 1 N–H and O–H groups in total. The van der Waals surface area contributed by atoms with Gasteiger partial charge in [0.15, 0.2) is 0 Å². The Hall–Kier alpha value is -1.04. The fraction of sp³-hybridized carbons (Fsp3) is 0.750. The second kappa shape index (κ2) is 3.96. The first-order valence-corrected chi connectivity index (χ1v) is 1.75. The first kappa shape index (κ1) is 8.88. The molecule has 0 aromatic carbocycles. The fourth-order valence-electron chi connectivity index (χ4n) is 0. The van der Waals surface area contributed by atoms with Gasteiger partial charge in [-0.15, -0.1) is 0 Å². The van der Waals surface area contributed by atoms with E-state index in [9.17, 15) is 0 Å². The van der Waals surface area contributed by atoms with Crippen LogP contribution in [0.25, 0.3) is 0 Å². The molecule has 0 spiro atoms. The third kappa shape index (κ3) is 12.3. The van der Waals surface area contributed by atoms with Gasteiger partial charge in [-0.2, -0.15) is 6.92 Å². The van der Waals surface area contributed by atoms with Crippen LogP contribution in [0.5, 0.6) is 0 Å². The predicted molar refractivity (Wildman–Crippen MR) is 21.7 cm³/mol. The van der Waals surface area contributed by atoms with Crippen molar-refractivity contribution in [2.75, 3.05) is 0 Å². The minimum atomic E-state index is -0.241. The molecule has 0 aliphatic carbocycles. The SMILES string of the molecule is C[CH-]C(C)O.[Rf]. The molecule has 0 aliphatic rings. The molecule has 0 fully saturated rings. The monoisotopic (exact) mass is 340 g/mol. The van der Waals surface area contributed by atoms with Gasteiger partial charge < -0.3 is 11.5 Å². The van der Waals surface area contributed by atoms with E-state index in [0.29, 0.717) is 0 Å². The van der Waals surface area contributed by atoms with E-state index in [1.165, 1.54) is 0 Å². The molecule has 34 valence electrons. The van der Waals surface area contributed by atoms with Gasteiger partial charge in [0.2, 0.25) is 0 Å². The van der Waals surface area contributed by atoms with Gasteiger partial charge in [-0.1, -0.05) is 13.0 Å². The van der Waals surface area contributed by atoms with Gasteiger partial charge in [0.1, 0.15) is 0 Å². The Morgan fingerprint density at radius 1 is 1.67 bits per heavy atom. The van der Waals surface area contributed by atoms with Crippen LogP contribution in [0.1, 0.15) is 13.8 Å². The number of aliphatic hydroxyl groups is 1. The van der Waals surface area contributed by atoms with Crippen LogP contribution < -0.4 is 0 Å². The Morgan fingerprint density at radius 2 is 1.83 bits per heavy atom. The molecule has 0 aromatic rings. The summed E-state index contributed by atoms with van der Waals surface area (Å²) in [6, 6.07) is 0. The third-order valence-corrected chi connectivity index (χ3v) is 0.482. The Kier molecular flexibility index (Phi) is 5.86. The molecule has 0 saturated heterocycles. The van der Waals surface area contributed by atoms with E-state index in [1.54, 1.807) is 13.3 Å². The van der Waals surface area contributed by atoms with E-state index >= 15 is 0 Å². The van der Waals surface area contributed by atoms with Crippen molar-refractivity contribution in [2.45, 2.75) is 20.0 Å². The van der Waals surface area contributed by atoms with E-state index in [0.717, 1.165) is 0 Å². The Balaban J connectivity index is 0. The zero-order valence-corrected chi connectivity index (χ0v) is 10.7. The summed E-state index contributed by atoms with van der Waals surface area (Å²) in [5.74, 6) is 0.